The molecule has 0 bridgehead atoms. The molecule has 0 aliphatic rings. The van der Waals surface area contributed by atoms with Crippen LogP contribution in [0.2, 0.25) is 0 Å². The van der Waals surface area contributed by atoms with Crippen molar-refractivity contribution in [3.05, 3.63) is 0 Å². The van der Waals surface area contributed by atoms with Gasteiger partial charge in [-0.3, -0.25) is 4.79 Å². The van der Waals surface area contributed by atoms with Crippen LogP contribution in [0, 0.1) is 0 Å². The molecular weight excluding hydrogens is 303 g/mol. The molecule has 0 spiro atoms. The normalized spacial score (nSPS) is 10.5. The quantitative estimate of drug-likeness (QED) is 0.481. The lowest BCUT2D eigenvalue weighted by molar-refractivity contribution is -0.929. The van der Waals surface area contributed by atoms with E-state index in [1.54, 1.807) is 0 Å². The summed E-state index contributed by atoms with van der Waals surface area (Å²) in [5.41, 5.74) is 4.76. The summed E-state index contributed by atoms with van der Waals surface area (Å²) in [6, 6.07) is 0. The summed E-state index contributed by atoms with van der Waals surface area (Å²) in [4.78, 5) is 9.82. The first-order valence-corrected chi connectivity index (χ1v) is 10.1. The lowest BCUT2D eigenvalue weighted by Gasteiger charge is -2.39. The zero-order chi connectivity index (χ0) is 18.0. The third-order valence-electron chi connectivity index (χ3n) is 4.44. The van der Waals surface area contributed by atoms with Crippen LogP contribution in [0.5, 0.6) is 0 Å². The molecule has 3 nitrogen and oxygen atoms in total. The van der Waals surface area contributed by atoms with Crippen LogP contribution >= 0.6 is 0 Å². The minimum Gasteiger partial charge on any atom is -1.00 e. The van der Waals surface area contributed by atoms with Crippen molar-refractivity contribution in [1.29, 1.82) is 0 Å². The van der Waals surface area contributed by atoms with Crippen molar-refractivity contribution >= 4 is 5.91 Å². The van der Waals surface area contributed by atoms with Crippen LogP contribution in [0.15, 0.2) is 0 Å². The van der Waals surface area contributed by atoms with Crippen LogP contribution in [0.4, 0.5) is 0 Å². The van der Waals surface area contributed by atoms with Gasteiger partial charge in [0.15, 0.2) is 0 Å². The Morgan fingerprint density at radius 3 is 1.08 bits per heavy atom. The molecule has 1 amide bonds. The number of carbonyl (C=O) groups excluding carboxylic acids is 1. The van der Waals surface area contributed by atoms with Gasteiger partial charge in [0.05, 0.1) is 26.2 Å². The number of quaternary nitrogens is 1. The highest BCUT2D eigenvalue weighted by Gasteiger charge is 2.24. The standard InChI is InChI=1S/C16H36N.C4H9NO.FH/c1-5-9-13-17(14-10-6-2,15-11-7-3)16-12-8-4;1-2-3-4(5)6;/h5-16H2,1-4H3;2-3H2,1H3,(H2,5,6);1H/q+1;;/p-1. The molecule has 2 N–H and O–H groups in total. The van der Waals surface area contributed by atoms with Gasteiger partial charge in [-0.25, -0.2) is 0 Å². The lowest BCUT2D eigenvalue weighted by atomic mass is 10.1. The van der Waals surface area contributed by atoms with Crippen molar-refractivity contribution in [3.8, 4) is 0 Å². The monoisotopic (exact) mass is 348 g/mol. The first-order valence-electron chi connectivity index (χ1n) is 10.1. The highest BCUT2D eigenvalue weighted by Crippen LogP contribution is 2.16. The summed E-state index contributed by atoms with van der Waals surface area (Å²) in [5.74, 6) is -0.211. The number of nitrogens with zero attached hydrogens (tertiary/aromatic N) is 1. The van der Waals surface area contributed by atoms with Gasteiger partial charge in [0.2, 0.25) is 5.91 Å². The number of halogens is 1. The topological polar surface area (TPSA) is 43.1 Å². The highest BCUT2D eigenvalue weighted by atomic mass is 19.0. The highest BCUT2D eigenvalue weighted by molar-refractivity contribution is 5.73. The van der Waals surface area contributed by atoms with Crippen molar-refractivity contribution in [2.45, 2.75) is 98.8 Å². The second kappa shape index (κ2) is 20.4. The maximum atomic E-state index is 9.82. The fraction of sp³-hybridized carbons (Fsp3) is 0.950. The van der Waals surface area contributed by atoms with E-state index in [-0.39, 0.29) is 10.6 Å². The molecule has 24 heavy (non-hydrogen) atoms. The Bertz CT molecular complexity index is 223. The van der Waals surface area contributed by atoms with E-state index in [1.165, 1.54) is 82.0 Å². The van der Waals surface area contributed by atoms with Gasteiger partial charge in [-0.15, -0.1) is 0 Å². The Kier molecular flexibility index (Phi) is 24.0. The molecule has 148 valence electrons. The van der Waals surface area contributed by atoms with Gasteiger partial charge in [-0.05, 0) is 32.1 Å². The maximum Gasteiger partial charge on any atom is 0.217 e. The van der Waals surface area contributed by atoms with E-state index in [9.17, 15) is 4.79 Å². The summed E-state index contributed by atoms with van der Waals surface area (Å²) >= 11 is 0. The van der Waals surface area contributed by atoms with Gasteiger partial charge in [0.1, 0.15) is 0 Å². The Morgan fingerprint density at radius 1 is 0.667 bits per heavy atom. The van der Waals surface area contributed by atoms with E-state index in [0.29, 0.717) is 6.42 Å². The predicted octanol–water partition coefficient (Wildman–Crippen LogP) is 2.28. The third kappa shape index (κ3) is 17.7. The summed E-state index contributed by atoms with van der Waals surface area (Å²) in [6.45, 7) is 16.9. The maximum absolute atomic E-state index is 9.82. The largest absolute Gasteiger partial charge is 1.00 e. The van der Waals surface area contributed by atoms with Crippen LogP contribution in [0.3, 0.4) is 0 Å². The molecule has 0 aromatic rings. The van der Waals surface area contributed by atoms with Crippen molar-refractivity contribution < 1.29 is 14.0 Å². The van der Waals surface area contributed by atoms with Gasteiger partial charge in [0, 0.05) is 6.42 Å². The molecule has 0 rings (SSSR count). The number of amides is 1. The average molecular weight is 349 g/mol. The molecule has 0 radical (unpaired) electrons. The van der Waals surface area contributed by atoms with Crippen molar-refractivity contribution in [3.63, 3.8) is 0 Å². The second-order valence-corrected chi connectivity index (χ2v) is 6.87. The van der Waals surface area contributed by atoms with Crippen molar-refractivity contribution in [2.75, 3.05) is 26.2 Å². The van der Waals surface area contributed by atoms with Gasteiger partial charge >= 0.3 is 0 Å². The van der Waals surface area contributed by atoms with E-state index >= 15 is 0 Å². The van der Waals surface area contributed by atoms with E-state index < -0.39 is 0 Å². The van der Waals surface area contributed by atoms with Crippen molar-refractivity contribution in [1.82, 2.24) is 0 Å². The van der Waals surface area contributed by atoms with Crippen LogP contribution in [0.1, 0.15) is 98.8 Å². The first kappa shape index (κ1) is 28.2. The number of primary amides is 1. The number of carbonyl (C=O) groups is 1. The van der Waals surface area contributed by atoms with Crippen LogP contribution < -0.4 is 10.4 Å². The van der Waals surface area contributed by atoms with Gasteiger partial charge < -0.3 is 14.9 Å². The summed E-state index contributed by atoms with van der Waals surface area (Å²) in [7, 11) is 0. The summed E-state index contributed by atoms with van der Waals surface area (Å²) in [6.07, 6.45) is 12.4. The molecule has 0 aromatic heterocycles. The fourth-order valence-corrected chi connectivity index (χ4v) is 2.89. The minimum absolute atomic E-state index is 0. The molecule has 0 unspecified atom stereocenters. The Labute approximate surface area is 151 Å². The molecule has 4 heteroatoms. The molecule has 0 aliphatic heterocycles. The number of rotatable bonds is 14. The van der Waals surface area contributed by atoms with Crippen molar-refractivity contribution in [2.24, 2.45) is 5.73 Å². The number of unbranched alkanes of at least 4 members (excludes halogenated alkanes) is 4. The van der Waals surface area contributed by atoms with Gasteiger partial charge in [-0.2, -0.15) is 0 Å². The van der Waals surface area contributed by atoms with E-state index in [0.717, 1.165) is 6.42 Å². The molecule has 0 heterocycles. The number of hydrogen-bond donors (Lipinski definition) is 1. The predicted molar refractivity (Wildman–Crippen MR) is 103 cm³/mol. The number of nitrogens with two attached hydrogens (primary N) is 1. The molecule has 0 aromatic carbocycles. The number of hydrogen-bond acceptors (Lipinski definition) is 1. The molecule has 0 saturated heterocycles. The van der Waals surface area contributed by atoms with Gasteiger partial charge in [0.25, 0.3) is 0 Å². The van der Waals surface area contributed by atoms with Crippen LogP contribution in [-0.4, -0.2) is 36.6 Å². The Hall–Kier alpha value is -0.640. The second-order valence-electron chi connectivity index (χ2n) is 6.87. The van der Waals surface area contributed by atoms with E-state index in [1.807, 2.05) is 6.92 Å². The molecule has 0 atom stereocenters. The fourth-order valence-electron chi connectivity index (χ4n) is 2.89. The molecular formula is C20H45FN2O. The third-order valence-corrected chi connectivity index (χ3v) is 4.44. The smallest absolute Gasteiger partial charge is 0.217 e. The molecule has 0 saturated carbocycles. The zero-order valence-electron chi connectivity index (χ0n) is 17.2. The van der Waals surface area contributed by atoms with Crippen LogP contribution in [0.25, 0.3) is 0 Å². The summed E-state index contributed by atoms with van der Waals surface area (Å²) in [5, 5.41) is 0. The molecule has 0 aliphatic carbocycles. The first-order chi connectivity index (χ1) is 11.0. The van der Waals surface area contributed by atoms with E-state index in [4.69, 9.17) is 5.73 Å². The SMILES string of the molecule is CCCC(N)=O.CCCC[N+](CCCC)(CCCC)CCCC.[F-]. The zero-order valence-corrected chi connectivity index (χ0v) is 17.2. The summed E-state index contributed by atoms with van der Waals surface area (Å²) < 4.78 is 1.42. The van der Waals surface area contributed by atoms with Crippen LogP contribution in [-0.2, 0) is 4.79 Å². The Morgan fingerprint density at radius 2 is 0.958 bits per heavy atom. The van der Waals surface area contributed by atoms with E-state index in [2.05, 4.69) is 27.7 Å². The lowest BCUT2D eigenvalue weighted by Crippen LogP contribution is -3.00. The minimum atomic E-state index is -0.211. The van der Waals surface area contributed by atoms with Gasteiger partial charge in [-0.1, -0.05) is 60.3 Å². The molecule has 0 fully saturated rings. The Balaban J connectivity index is -0.000000538. The average Bonchev–Trinajstić information content (AvgIpc) is 2.54.